The summed E-state index contributed by atoms with van der Waals surface area (Å²) in [6.45, 7) is 1.46. The van der Waals surface area contributed by atoms with Gasteiger partial charge in [-0.05, 0) is 19.1 Å². The number of allylic oxidation sites excluding steroid dienone is 1. The van der Waals surface area contributed by atoms with E-state index in [1.54, 1.807) is 7.05 Å². The first kappa shape index (κ1) is 12.2. The normalized spacial score (nSPS) is 11.4. The van der Waals surface area contributed by atoms with Crippen molar-refractivity contribution in [1.29, 1.82) is 0 Å². The summed E-state index contributed by atoms with van der Waals surface area (Å²) in [5.41, 5.74) is 4.60. The first-order valence-electron chi connectivity index (χ1n) is 4.61. The number of nitrogen functional groups attached to an aromatic ring is 1. The van der Waals surface area contributed by atoms with Crippen LogP contribution < -0.4 is 11.1 Å². The van der Waals surface area contributed by atoms with Gasteiger partial charge in [-0.2, -0.15) is 0 Å². The Morgan fingerprint density at radius 1 is 1.44 bits per heavy atom. The van der Waals surface area contributed by atoms with E-state index in [0.717, 1.165) is 12.1 Å². The van der Waals surface area contributed by atoms with Gasteiger partial charge in [0, 0.05) is 18.8 Å². The van der Waals surface area contributed by atoms with Crippen LogP contribution in [0.2, 0.25) is 0 Å². The number of ketones is 1. The molecule has 0 saturated carbocycles. The lowest BCUT2D eigenvalue weighted by atomic mass is 10.0. The summed E-state index contributed by atoms with van der Waals surface area (Å²) in [6.07, 6.45) is 1.37. The van der Waals surface area contributed by atoms with E-state index in [2.05, 4.69) is 5.32 Å². The van der Waals surface area contributed by atoms with Crippen LogP contribution in [0, 0.1) is 11.6 Å². The van der Waals surface area contributed by atoms with E-state index < -0.39 is 23.0 Å². The Bertz CT molecular complexity index is 456. The molecule has 0 amide bonds. The van der Waals surface area contributed by atoms with E-state index in [-0.39, 0.29) is 11.3 Å². The van der Waals surface area contributed by atoms with Crippen molar-refractivity contribution in [2.45, 2.75) is 6.92 Å². The van der Waals surface area contributed by atoms with Crippen LogP contribution in [0.1, 0.15) is 17.3 Å². The lowest BCUT2D eigenvalue weighted by Gasteiger charge is -2.06. The Labute approximate surface area is 91.9 Å². The summed E-state index contributed by atoms with van der Waals surface area (Å²) >= 11 is 0. The Hall–Kier alpha value is -1.91. The largest absolute Gasteiger partial charge is 0.396 e. The molecule has 0 aliphatic heterocycles. The van der Waals surface area contributed by atoms with Crippen LogP contribution in [0.5, 0.6) is 0 Å². The molecule has 0 saturated heterocycles. The second-order valence-electron chi connectivity index (χ2n) is 3.27. The average molecular weight is 226 g/mol. The standard InChI is InChI=1S/C11H12F2N2O/c1-6(5-15-2)11(16)9-7(12)3-4-8(14)10(9)13/h3-5,15H,14H2,1-2H3/b6-5+. The fourth-order valence-electron chi connectivity index (χ4n) is 1.26. The Morgan fingerprint density at radius 3 is 2.62 bits per heavy atom. The van der Waals surface area contributed by atoms with Crippen LogP contribution in [-0.2, 0) is 0 Å². The van der Waals surface area contributed by atoms with Gasteiger partial charge >= 0.3 is 0 Å². The highest BCUT2D eigenvalue weighted by Gasteiger charge is 2.20. The molecule has 3 nitrogen and oxygen atoms in total. The number of carbonyl (C=O) groups excluding carboxylic acids is 1. The zero-order valence-electron chi connectivity index (χ0n) is 8.97. The number of nitrogens with two attached hydrogens (primary N) is 1. The van der Waals surface area contributed by atoms with Crippen molar-refractivity contribution >= 4 is 11.5 Å². The number of anilines is 1. The molecule has 3 N–H and O–H groups in total. The highest BCUT2D eigenvalue weighted by atomic mass is 19.1. The molecule has 0 aromatic heterocycles. The number of hydrogen-bond acceptors (Lipinski definition) is 3. The number of halogens is 2. The molecule has 1 aromatic rings. The second kappa shape index (κ2) is 4.74. The minimum atomic E-state index is -1.02. The molecule has 0 heterocycles. The van der Waals surface area contributed by atoms with Crippen molar-refractivity contribution in [3.05, 3.63) is 41.1 Å². The van der Waals surface area contributed by atoms with Crippen LogP contribution in [-0.4, -0.2) is 12.8 Å². The van der Waals surface area contributed by atoms with Gasteiger partial charge in [-0.15, -0.1) is 0 Å². The van der Waals surface area contributed by atoms with E-state index in [1.165, 1.54) is 13.1 Å². The van der Waals surface area contributed by atoms with Gasteiger partial charge in [0.2, 0.25) is 0 Å². The molecular formula is C11H12F2N2O. The predicted octanol–water partition coefficient (Wildman–Crippen LogP) is 1.85. The number of Topliss-reactive ketones (excluding diaryl/α,β-unsaturated/α-hetero) is 1. The molecule has 86 valence electrons. The summed E-state index contributed by atoms with van der Waals surface area (Å²) in [5, 5.41) is 2.61. The van der Waals surface area contributed by atoms with E-state index in [0.29, 0.717) is 0 Å². The third-order valence-electron chi connectivity index (χ3n) is 2.07. The fourth-order valence-corrected chi connectivity index (χ4v) is 1.26. The molecule has 16 heavy (non-hydrogen) atoms. The number of rotatable bonds is 3. The van der Waals surface area contributed by atoms with Crippen molar-refractivity contribution in [1.82, 2.24) is 5.32 Å². The number of hydrogen-bond donors (Lipinski definition) is 2. The highest BCUT2D eigenvalue weighted by Crippen LogP contribution is 2.21. The Balaban J connectivity index is 3.28. The molecule has 1 rings (SSSR count). The van der Waals surface area contributed by atoms with E-state index in [4.69, 9.17) is 5.73 Å². The molecule has 0 fully saturated rings. The SMILES string of the molecule is CN/C=C(\C)C(=O)c1c(F)ccc(N)c1F. The van der Waals surface area contributed by atoms with Crippen molar-refractivity contribution in [3.8, 4) is 0 Å². The van der Waals surface area contributed by atoms with Crippen LogP contribution in [0.4, 0.5) is 14.5 Å². The van der Waals surface area contributed by atoms with Gasteiger partial charge in [-0.3, -0.25) is 4.79 Å². The molecule has 1 aromatic carbocycles. The summed E-state index contributed by atoms with van der Waals surface area (Å²) in [4.78, 5) is 11.7. The molecule has 0 aliphatic carbocycles. The maximum absolute atomic E-state index is 13.5. The number of benzene rings is 1. The summed E-state index contributed by atoms with van der Waals surface area (Å²) in [6, 6.07) is 2.05. The van der Waals surface area contributed by atoms with E-state index >= 15 is 0 Å². The van der Waals surface area contributed by atoms with Crippen LogP contribution in [0.25, 0.3) is 0 Å². The molecular weight excluding hydrogens is 214 g/mol. The molecule has 5 heteroatoms. The van der Waals surface area contributed by atoms with Crippen LogP contribution in [0.3, 0.4) is 0 Å². The molecule has 0 unspecified atom stereocenters. The smallest absolute Gasteiger partial charge is 0.196 e. The zero-order valence-corrected chi connectivity index (χ0v) is 8.97. The molecule has 0 bridgehead atoms. The summed E-state index contributed by atoms with van der Waals surface area (Å²) in [7, 11) is 1.59. The Morgan fingerprint density at radius 2 is 2.06 bits per heavy atom. The average Bonchev–Trinajstić information content (AvgIpc) is 2.24. The van der Waals surface area contributed by atoms with Gasteiger partial charge in [0.1, 0.15) is 5.82 Å². The highest BCUT2D eigenvalue weighted by molar-refractivity contribution is 6.09. The minimum absolute atomic E-state index is 0.200. The lowest BCUT2D eigenvalue weighted by molar-refractivity contribution is 0.102. The molecule has 0 atom stereocenters. The van der Waals surface area contributed by atoms with Gasteiger partial charge < -0.3 is 11.1 Å². The second-order valence-corrected chi connectivity index (χ2v) is 3.27. The van der Waals surface area contributed by atoms with E-state index in [9.17, 15) is 13.6 Å². The summed E-state index contributed by atoms with van der Waals surface area (Å²) < 4.78 is 26.8. The van der Waals surface area contributed by atoms with Gasteiger partial charge in [0.15, 0.2) is 11.6 Å². The fraction of sp³-hybridized carbons (Fsp3) is 0.182. The third kappa shape index (κ3) is 2.18. The number of carbonyl (C=O) groups is 1. The molecule has 0 spiro atoms. The quantitative estimate of drug-likeness (QED) is 0.470. The van der Waals surface area contributed by atoms with Crippen LogP contribution in [0.15, 0.2) is 23.9 Å². The third-order valence-corrected chi connectivity index (χ3v) is 2.07. The van der Waals surface area contributed by atoms with Gasteiger partial charge in [0.25, 0.3) is 0 Å². The van der Waals surface area contributed by atoms with Gasteiger partial charge in [0.05, 0.1) is 11.3 Å². The first-order valence-corrected chi connectivity index (χ1v) is 4.61. The maximum Gasteiger partial charge on any atom is 0.196 e. The van der Waals surface area contributed by atoms with Gasteiger partial charge in [-0.25, -0.2) is 8.78 Å². The van der Waals surface area contributed by atoms with Gasteiger partial charge in [-0.1, -0.05) is 0 Å². The van der Waals surface area contributed by atoms with E-state index in [1.807, 2.05) is 0 Å². The zero-order chi connectivity index (χ0) is 12.3. The monoisotopic (exact) mass is 226 g/mol. The van der Waals surface area contributed by atoms with Crippen LogP contribution >= 0.6 is 0 Å². The lowest BCUT2D eigenvalue weighted by Crippen LogP contribution is -2.11. The summed E-state index contributed by atoms with van der Waals surface area (Å²) in [5.74, 6) is -2.66. The van der Waals surface area contributed by atoms with Crippen molar-refractivity contribution < 1.29 is 13.6 Å². The van der Waals surface area contributed by atoms with Crippen molar-refractivity contribution in [3.63, 3.8) is 0 Å². The predicted molar refractivity (Wildman–Crippen MR) is 57.9 cm³/mol. The minimum Gasteiger partial charge on any atom is -0.396 e. The first-order chi connectivity index (χ1) is 7.49. The maximum atomic E-state index is 13.5. The molecule has 0 aliphatic rings. The van der Waals surface area contributed by atoms with Crippen molar-refractivity contribution in [2.24, 2.45) is 0 Å². The Kier molecular flexibility index (Phi) is 3.60. The van der Waals surface area contributed by atoms with Crippen molar-refractivity contribution in [2.75, 3.05) is 12.8 Å². The topological polar surface area (TPSA) is 55.1 Å². The number of nitrogens with one attached hydrogen (secondary N) is 1. The molecule has 0 radical (unpaired) electrons.